The Morgan fingerprint density at radius 1 is 1.24 bits per heavy atom. The van der Waals surface area contributed by atoms with Gasteiger partial charge < -0.3 is 9.64 Å². The van der Waals surface area contributed by atoms with Crippen LogP contribution in [0.5, 0.6) is 0 Å². The molecule has 1 fully saturated rings. The van der Waals surface area contributed by atoms with E-state index in [9.17, 15) is 4.79 Å². The van der Waals surface area contributed by atoms with Gasteiger partial charge in [-0.15, -0.1) is 0 Å². The maximum Gasteiger partial charge on any atom is 0.219 e. The summed E-state index contributed by atoms with van der Waals surface area (Å²) in [5.74, 6) is 0.209. The summed E-state index contributed by atoms with van der Waals surface area (Å²) in [5, 5.41) is 0. The highest BCUT2D eigenvalue weighted by atomic mass is 16.5. The summed E-state index contributed by atoms with van der Waals surface area (Å²) in [7, 11) is 0. The topological polar surface area (TPSA) is 32.8 Å². The van der Waals surface area contributed by atoms with E-state index < -0.39 is 0 Å². The van der Waals surface area contributed by atoms with Crippen molar-refractivity contribution in [2.24, 2.45) is 0 Å². The van der Waals surface area contributed by atoms with Crippen LogP contribution in [0.1, 0.15) is 33.1 Å². The van der Waals surface area contributed by atoms with Gasteiger partial charge >= 0.3 is 0 Å². The molecule has 1 saturated heterocycles. The standard InChI is InChI=1S/C13H26N2O2/c1-3-4-7-15(13(2)16)8-5-6-14-9-11-17-12-10-14/h3-12H2,1-2H3. The SMILES string of the molecule is CCCCN(CCCN1CCOCC1)C(C)=O. The van der Waals surface area contributed by atoms with Crippen LogP contribution in [0.15, 0.2) is 0 Å². The average molecular weight is 242 g/mol. The maximum atomic E-state index is 11.4. The normalized spacial score (nSPS) is 17.1. The first-order valence-corrected chi connectivity index (χ1v) is 6.79. The third-order valence-corrected chi connectivity index (χ3v) is 3.23. The van der Waals surface area contributed by atoms with Crippen molar-refractivity contribution in [3.05, 3.63) is 0 Å². The number of nitrogens with zero attached hydrogens (tertiary/aromatic N) is 2. The summed E-state index contributed by atoms with van der Waals surface area (Å²) in [4.78, 5) is 15.8. The van der Waals surface area contributed by atoms with Gasteiger partial charge in [0, 0.05) is 39.6 Å². The monoisotopic (exact) mass is 242 g/mol. The molecule has 0 N–H and O–H groups in total. The van der Waals surface area contributed by atoms with Crippen LogP contribution in [-0.4, -0.2) is 61.6 Å². The van der Waals surface area contributed by atoms with Crippen LogP contribution in [0.25, 0.3) is 0 Å². The van der Waals surface area contributed by atoms with E-state index in [4.69, 9.17) is 4.74 Å². The fourth-order valence-corrected chi connectivity index (χ4v) is 2.09. The number of amides is 1. The third-order valence-electron chi connectivity index (χ3n) is 3.23. The van der Waals surface area contributed by atoms with Crippen molar-refractivity contribution in [3.63, 3.8) is 0 Å². The minimum atomic E-state index is 0.209. The molecule has 0 saturated carbocycles. The van der Waals surface area contributed by atoms with Crippen LogP contribution in [0.3, 0.4) is 0 Å². The molecule has 0 radical (unpaired) electrons. The number of rotatable bonds is 7. The van der Waals surface area contributed by atoms with Gasteiger partial charge in [-0.3, -0.25) is 9.69 Å². The number of unbranched alkanes of at least 4 members (excludes halogenated alkanes) is 1. The molecule has 4 nitrogen and oxygen atoms in total. The Morgan fingerprint density at radius 2 is 1.88 bits per heavy atom. The van der Waals surface area contributed by atoms with E-state index in [0.29, 0.717) is 0 Å². The number of hydrogen-bond acceptors (Lipinski definition) is 3. The Balaban J connectivity index is 2.14. The maximum absolute atomic E-state index is 11.4. The highest BCUT2D eigenvalue weighted by Gasteiger charge is 2.11. The van der Waals surface area contributed by atoms with Crippen molar-refractivity contribution in [2.75, 3.05) is 45.9 Å². The molecular formula is C13H26N2O2. The van der Waals surface area contributed by atoms with Crippen molar-refractivity contribution in [2.45, 2.75) is 33.1 Å². The Morgan fingerprint density at radius 3 is 2.47 bits per heavy atom. The van der Waals surface area contributed by atoms with Crippen LogP contribution < -0.4 is 0 Å². The largest absolute Gasteiger partial charge is 0.379 e. The number of carbonyl (C=O) groups is 1. The van der Waals surface area contributed by atoms with Gasteiger partial charge in [-0.25, -0.2) is 0 Å². The predicted molar refractivity (Wildman–Crippen MR) is 69.0 cm³/mol. The van der Waals surface area contributed by atoms with Gasteiger partial charge in [-0.2, -0.15) is 0 Å². The van der Waals surface area contributed by atoms with Crippen LogP contribution in [0, 0.1) is 0 Å². The average Bonchev–Trinajstić information content (AvgIpc) is 2.34. The van der Waals surface area contributed by atoms with Crippen molar-refractivity contribution in [1.29, 1.82) is 0 Å². The predicted octanol–water partition coefficient (Wildman–Crippen LogP) is 1.36. The molecule has 1 heterocycles. The van der Waals surface area contributed by atoms with Gasteiger partial charge in [-0.1, -0.05) is 13.3 Å². The van der Waals surface area contributed by atoms with Crippen molar-refractivity contribution in [3.8, 4) is 0 Å². The highest BCUT2D eigenvalue weighted by molar-refractivity contribution is 5.73. The van der Waals surface area contributed by atoms with E-state index in [1.807, 2.05) is 4.90 Å². The van der Waals surface area contributed by atoms with Crippen LogP contribution in [0.4, 0.5) is 0 Å². The molecule has 1 aliphatic heterocycles. The minimum Gasteiger partial charge on any atom is -0.379 e. The van der Waals surface area contributed by atoms with E-state index in [1.165, 1.54) is 0 Å². The lowest BCUT2D eigenvalue weighted by molar-refractivity contribution is -0.129. The first kappa shape index (κ1) is 14.5. The summed E-state index contributed by atoms with van der Waals surface area (Å²) < 4.78 is 5.31. The Hall–Kier alpha value is -0.610. The van der Waals surface area contributed by atoms with Gasteiger partial charge in [0.15, 0.2) is 0 Å². The molecule has 0 aromatic carbocycles. The second kappa shape index (κ2) is 8.48. The first-order chi connectivity index (χ1) is 8.24. The van der Waals surface area contributed by atoms with Gasteiger partial charge in [0.05, 0.1) is 13.2 Å². The molecule has 17 heavy (non-hydrogen) atoms. The lowest BCUT2D eigenvalue weighted by Gasteiger charge is -2.28. The molecule has 0 aliphatic carbocycles. The Kier molecular flexibility index (Phi) is 7.21. The lowest BCUT2D eigenvalue weighted by Crippen LogP contribution is -2.39. The zero-order valence-corrected chi connectivity index (χ0v) is 11.3. The molecule has 0 atom stereocenters. The van der Waals surface area contributed by atoms with E-state index in [1.54, 1.807) is 6.92 Å². The van der Waals surface area contributed by atoms with Crippen molar-refractivity contribution < 1.29 is 9.53 Å². The van der Waals surface area contributed by atoms with Crippen molar-refractivity contribution in [1.82, 2.24) is 9.80 Å². The zero-order valence-electron chi connectivity index (χ0n) is 11.3. The smallest absolute Gasteiger partial charge is 0.219 e. The Bertz CT molecular complexity index is 215. The van der Waals surface area contributed by atoms with E-state index >= 15 is 0 Å². The molecule has 4 heteroatoms. The lowest BCUT2D eigenvalue weighted by atomic mass is 10.2. The van der Waals surface area contributed by atoms with Crippen molar-refractivity contribution >= 4 is 5.91 Å². The zero-order chi connectivity index (χ0) is 12.5. The van der Waals surface area contributed by atoms with Crippen LogP contribution >= 0.6 is 0 Å². The molecule has 1 aliphatic rings. The molecule has 1 amide bonds. The number of carbonyl (C=O) groups excluding carboxylic acids is 1. The second-order valence-electron chi connectivity index (χ2n) is 4.67. The number of ether oxygens (including phenoxy) is 1. The molecule has 0 unspecified atom stereocenters. The fourth-order valence-electron chi connectivity index (χ4n) is 2.09. The summed E-state index contributed by atoms with van der Waals surface area (Å²) in [6, 6.07) is 0. The summed E-state index contributed by atoms with van der Waals surface area (Å²) in [6.45, 7) is 10.5. The second-order valence-corrected chi connectivity index (χ2v) is 4.67. The van der Waals surface area contributed by atoms with Gasteiger partial charge in [0.25, 0.3) is 0 Å². The van der Waals surface area contributed by atoms with Crippen LogP contribution in [-0.2, 0) is 9.53 Å². The molecule has 0 bridgehead atoms. The van der Waals surface area contributed by atoms with Crippen LogP contribution in [0.2, 0.25) is 0 Å². The molecule has 0 aromatic rings. The highest BCUT2D eigenvalue weighted by Crippen LogP contribution is 2.01. The first-order valence-electron chi connectivity index (χ1n) is 6.79. The molecule has 1 rings (SSSR count). The van der Waals surface area contributed by atoms with E-state index in [0.717, 1.165) is 65.2 Å². The molecule has 0 aromatic heterocycles. The Labute approximate surface area is 105 Å². The van der Waals surface area contributed by atoms with Gasteiger partial charge in [0.1, 0.15) is 0 Å². The van der Waals surface area contributed by atoms with E-state index in [-0.39, 0.29) is 5.91 Å². The number of morpholine rings is 1. The third kappa shape index (κ3) is 6.03. The molecular weight excluding hydrogens is 216 g/mol. The molecule has 100 valence electrons. The van der Waals surface area contributed by atoms with E-state index in [2.05, 4.69) is 11.8 Å². The quantitative estimate of drug-likeness (QED) is 0.676. The van der Waals surface area contributed by atoms with Gasteiger partial charge in [0.2, 0.25) is 5.91 Å². The summed E-state index contributed by atoms with van der Waals surface area (Å²) >= 11 is 0. The minimum absolute atomic E-state index is 0.209. The molecule has 0 spiro atoms. The fraction of sp³-hybridized carbons (Fsp3) is 0.923. The summed E-state index contributed by atoms with van der Waals surface area (Å²) in [5.41, 5.74) is 0. The van der Waals surface area contributed by atoms with Gasteiger partial charge in [-0.05, 0) is 12.8 Å². The summed E-state index contributed by atoms with van der Waals surface area (Å²) in [6.07, 6.45) is 3.33. The number of hydrogen-bond donors (Lipinski definition) is 0.